The highest BCUT2D eigenvalue weighted by Gasteiger charge is 2.30. The van der Waals surface area contributed by atoms with E-state index in [0.29, 0.717) is 13.2 Å². The van der Waals surface area contributed by atoms with Gasteiger partial charge in [-0.15, -0.1) is 0 Å². The normalized spacial score (nSPS) is 21.2. The molecule has 0 amide bonds. The number of rotatable bonds is 8. The Kier molecular flexibility index (Phi) is 8.33. The van der Waals surface area contributed by atoms with Gasteiger partial charge in [-0.05, 0) is 26.7 Å². The van der Waals surface area contributed by atoms with Crippen molar-refractivity contribution in [3.8, 4) is 0 Å². The maximum atomic E-state index is 5.85. The zero-order valence-electron chi connectivity index (χ0n) is 11.9. The molecule has 4 nitrogen and oxygen atoms in total. The van der Waals surface area contributed by atoms with E-state index in [0.717, 1.165) is 23.3 Å². The molecule has 0 N–H and O–H groups in total. The maximum absolute atomic E-state index is 5.85. The average Bonchev–Trinajstić information content (AvgIpc) is 2.42. The number of hydrogen-bond donors (Lipinski definition) is 0. The molecule has 5 heteroatoms. The zero-order chi connectivity index (χ0) is 13.2. The van der Waals surface area contributed by atoms with Crippen molar-refractivity contribution in [2.45, 2.75) is 45.6 Å². The second-order valence-electron chi connectivity index (χ2n) is 4.37. The van der Waals surface area contributed by atoms with Crippen molar-refractivity contribution >= 4 is 10.2 Å². The maximum Gasteiger partial charge on any atom is 0.239 e. The highest BCUT2D eigenvalue weighted by molar-refractivity contribution is 6.16. The van der Waals surface area contributed by atoms with Crippen molar-refractivity contribution in [2.24, 2.45) is 0 Å². The van der Waals surface area contributed by atoms with Crippen LogP contribution in [-0.4, -0.2) is 54.0 Å². The number of ether oxygens (including phenoxy) is 3. The second-order valence-corrected chi connectivity index (χ2v) is 5.04. The van der Waals surface area contributed by atoms with Gasteiger partial charge in [-0.3, -0.25) is 4.90 Å². The molecule has 1 fully saturated rings. The van der Waals surface area contributed by atoms with Gasteiger partial charge in [0.1, 0.15) is 0 Å². The van der Waals surface area contributed by atoms with Crippen molar-refractivity contribution in [1.29, 1.82) is 0 Å². The summed E-state index contributed by atoms with van der Waals surface area (Å²) in [5, 5.41) is 0. The summed E-state index contributed by atoms with van der Waals surface area (Å²) in [6.07, 6.45) is 5.11. The van der Waals surface area contributed by atoms with Crippen LogP contribution in [0.5, 0.6) is 0 Å². The molecular weight excluding hydrogens is 246 g/mol. The molecule has 1 saturated heterocycles. The van der Waals surface area contributed by atoms with Crippen LogP contribution in [0.15, 0.2) is 12.0 Å². The first-order valence-corrected chi connectivity index (χ1v) is 8.22. The van der Waals surface area contributed by atoms with E-state index in [1.54, 1.807) is 6.26 Å². The standard InChI is InChI=1S/C13H27NO3Si/c1-3-15-12(14-8-6-5-7-9-14)13(16-4-2)17-10-11-18/h10-13H,3-9H2,1-2,18H3. The Hall–Kier alpha value is -0.363. The fourth-order valence-electron chi connectivity index (χ4n) is 2.21. The van der Waals surface area contributed by atoms with Gasteiger partial charge in [0.2, 0.25) is 6.29 Å². The summed E-state index contributed by atoms with van der Waals surface area (Å²) in [6, 6.07) is 0. The summed E-state index contributed by atoms with van der Waals surface area (Å²) < 4.78 is 17.2. The van der Waals surface area contributed by atoms with Gasteiger partial charge >= 0.3 is 0 Å². The molecule has 0 saturated carbocycles. The molecule has 1 rings (SSSR count). The summed E-state index contributed by atoms with van der Waals surface area (Å²) in [5.74, 6) is 0. The summed E-state index contributed by atoms with van der Waals surface area (Å²) in [4.78, 5) is 2.34. The Morgan fingerprint density at radius 3 is 2.33 bits per heavy atom. The van der Waals surface area contributed by atoms with Crippen LogP contribution in [-0.2, 0) is 14.2 Å². The first kappa shape index (κ1) is 15.7. The summed E-state index contributed by atoms with van der Waals surface area (Å²) in [5.41, 5.74) is 2.01. The lowest BCUT2D eigenvalue weighted by molar-refractivity contribution is -0.227. The van der Waals surface area contributed by atoms with Crippen LogP contribution >= 0.6 is 0 Å². The van der Waals surface area contributed by atoms with Crippen molar-refractivity contribution in [3.05, 3.63) is 12.0 Å². The molecule has 0 radical (unpaired) electrons. The lowest BCUT2D eigenvalue weighted by Crippen LogP contribution is -2.49. The van der Waals surface area contributed by atoms with Crippen molar-refractivity contribution < 1.29 is 14.2 Å². The van der Waals surface area contributed by atoms with E-state index in [9.17, 15) is 0 Å². The van der Waals surface area contributed by atoms with Crippen molar-refractivity contribution in [3.63, 3.8) is 0 Å². The average molecular weight is 273 g/mol. The molecule has 0 aliphatic carbocycles. The van der Waals surface area contributed by atoms with E-state index < -0.39 is 0 Å². The van der Waals surface area contributed by atoms with Gasteiger partial charge in [-0.25, -0.2) is 0 Å². The van der Waals surface area contributed by atoms with Gasteiger partial charge in [-0.2, -0.15) is 0 Å². The molecule has 1 aliphatic heterocycles. The van der Waals surface area contributed by atoms with Gasteiger partial charge in [0.25, 0.3) is 0 Å². The summed E-state index contributed by atoms with van der Waals surface area (Å²) in [7, 11) is 0.991. The van der Waals surface area contributed by atoms with Crippen molar-refractivity contribution in [2.75, 3.05) is 26.3 Å². The minimum atomic E-state index is -0.321. The van der Waals surface area contributed by atoms with E-state index in [1.165, 1.54) is 19.3 Å². The molecule has 1 aliphatic rings. The van der Waals surface area contributed by atoms with E-state index >= 15 is 0 Å². The predicted octanol–water partition coefficient (Wildman–Crippen LogP) is 1.05. The third-order valence-electron chi connectivity index (χ3n) is 3.00. The van der Waals surface area contributed by atoms with Gasteiger partial charge in [0.15, 0.2) is 6.23 Å². The first-order valence-electron chi connectivity index (χ1n) is 7.07. The summed E-state index contributed by atoms with van der Waals surface area (Å²) >= 11 is 0. The van der Waals surface area contributed by atoms with E-state index in [-0.39, 0.29) is 12.5 Å². The van der Waals surface area contributed by atoms with Gasteiger partial charge in [0.05, 0.1) is 6.26 Å². The predicted molar refractivity (Wildman–Crippen MR) is 76.4 cm³/mol. The van der Waals surface area contributed by atoms with Crippen molar-refractivity contribution in [1.82, 2.24) is 4.90 Å². The first-order chi connectivity index (χ1) is 8.83. The molecule has 106 valence electrons. The Labute approximate surface area is 114 Å². The van der Waals surface area contributed by atoms with Crippen LogP contribution in [0.2, 0.25) is 0 Å². The molecule has 18 heavy (non-hydrogen) atoms. The fraction of sp³-hybridized carbons (Fsp3) is 0.846. The molecule has 0 aromatic heterocycles. The smallest absolute Gasteiger partial charge is 0.239 e. The molecule has 0 bridgehead atoms. The second kappa shape index (κ2) is 9.55. The number of piperidine rings is 1. The number of likely N-dealkylation sites (tertiary alicyclic amines) is 1. The number of hydrogen-bond acceptors (Lipinski definition) is 4. The minimum absolute atomic E-state index is 0.0897. The third kappa shape index (κ3) is 5.10. The Morgan fingerprint density at radius 1 is 1.11 bits per heavy atom. The topological polar surface area (TPSA) is 30.9 Å². The zero-order valence-corrected chi connectivity index (χ0v) is 13.9. The van der Waals surface area contributed by atoms with Crippen LogP contribution < -0.4 is 0 Å². The van der Waals surface area contributed by atoms with Crippen LogP contribution in [0.1, 0.15) is 33.1 Å². The summed E-state index contributed by atoms with van der Waals surface area (Å²) in [6.45, 7) is 7.46. The quantitative estimate of drug-likeness (QED) is 0.376. The monoisotopic (exact) mass is 273 g/mol. The molecule has 0 spiro atoms. The van der Waals surface area contributed by atoms with E-state index in [4.69, 9.17) is 14.2 Å². The molecule has 2 atom stereocenters. The van der Waals surface area contributed by atoms with Crippen LogP contribution in [0.3, 0.4) is 0 Å². The van der Waals surface area contributed by atoms with E-state index in [2.05, 4.69) is 4.90 Å². The lowest BCUT2D eigenvalue weighted by Gasteiger charge is -2.37. The molecule has 0 aromatic carbocycles. The minimum Gasteiger partial charge on any atom is -0.469 e. The van der Waals surface area contributed by atoms with Crippen LogP contribution in [0, 0.1) is 0 Å². The Balaban J connectivity index is 2.63. The molecule has 1 heterocycles. The largest absolute Gasteiger partial charge is 0.469 e. The molecular formula is C13H27NO3Si. The van der Waals surface area contributed by atoms with E-state index in [1.807, 2.05) is 19.5 Å². The highest BCUT2D eigenvalue weighted by Crippen LogP contribution is 2.18. The molecule has 2 unspecified atom stereocenters. The molecule has 0 aromatic rings. The lowest BCUT2D eigenvalue weighted by atomic mass is 10.1. The number of nitrogens with zero attached hydrogens (tertiary/aromatic N) is 1. The highest BCUT2D eigenvalue weighted by atomic mass is 28.1. The van der Waals surface area contributed by atoms with Gasteiger partial charge in [-0.1, -0.05) is 12.1 Å². The third-order valence-corrected chi connectivity index (χ3v) is 3.27. The van der Waals surface area contributed by atoms with Crippen LogP contribution in [0.25, 0.3) is 0 Å². The SMILES string of the molecule is CCOC(OC=C[SiH3])C(OCC)N1CCCCC1. The van der Waals surface area contributed by atoms with Crippen LogP contribution in [0.4, 0.5) is 0 Å². The fourth-order valence-corrected chi connectivity index (χ4v) is 2.37. The van der Waals surface area contributed by atoms with Gasteiger partial charge < -0.3 is 14.2 Å². The Bertz CT molecular complexity index is 232. The Morgan fingerprint density at radius 2 is 1.78 bits per heavy atom. The van der Waals surface area contributed by atoms with Gasteiger partial charge in [0, 0.05) is 36.5 Å².